The molecule has 10 heteroatoms. The maximum absolute atomic E-state index is 13.2. The van der Waals surface area contributed by atoms with Crippen molar-refractivity contribution < 1.29 is 27.5 Å². The predicted molar refractivity (Wildman–Crippen MR) is 136 cm³/mol. The molecule has 9 nitrogen and oxygen atoms in total. The summed E-state index contributed by atoms with van der Waals surface area (Å²) in [5.74, 6) is 0.569. The molecule has 0 aromatic heterocycles. The molecule has 2 aromatic rings. The molecule has 0 unspecified atom stereocenters. The summed E-state index contributed by atoms with van der Waals surface area (Å²) in [5.41, 5.74) is 1.24. The number of hydrogen-bond acceptors (Lipinski definition) is 6. The Balaban J connectivity index is 2.20. The molecule has 0 aliphatic rings. The van der Waals surface area contributed by atoms with Crippen LogP contribution in [-0.2, 0) is 26.2 Å². The Morgan fingerprint density at radius 1 is 1.11 bits per heavy atom. The van der Waals surface area contributed by atoms with Gasteiger partial charge in [0.2, 0.25) is 21.8 Å². The Morgan fingerprint density at radius 3 is 2.46 bits per heavy atom. The summed E-state index contributed by atoms with van der Waals surface area (Å²) in [6.45, 7) is 4.19. The number of likely N-dealkylation sites (N-methyl/N-ethyl adjacent to an activating group) is 1. The number of amides is 2. The fourth-order valence-corrected chi connectivity index (χ4v) is 4.65. The number of rotatable bonds is 13. The van der Waals surface area contributed by atoms with Crippen molar-refractivity contribution in [2.24, 2.45) is 0 Å². The van der Waals surface area contributed by atoms with E-state index in [0.717, 1.165) is 11.8 Å². The zero-order valence-electron chi connectivity index (χ0n) is 21.0. The lowest BCUT2D eigenvalue weighted by molar-refractivity contribution is -0.140. The average Bonchev–Trinajstić information content (AvgIpc) is 2.84. The van der Waals surface area contributed by atoms with E-state index in [-0.39, 0.29) is 37.7 Å². The van der Waals surface area contributed by atoms with E-state index in [0.29, 0.717) is 23.8 Å². The highest BCUT2D eigenvalue weighted by Crippen LogP contribution is 2.30. The van der Waals surface area contributed by atoms with Crippen molar-refractivity contribution in [3.8, 4) is 11.5 Å². The van der Waals surface area contributed by atoms with E-state index in [9.17, 15) is 18.0 Å². The molecular formula is C25H35N3O6S. The molecule has 1 N–H and O–H groups in total. The lowest BCUT2D eigenvalue weighted by Gasteiger charge is -2.29. The first kappa shape index (κ1) is 28.0. The molecule has 0 radical (unpaired) electrons. The van der Waals surface area contributed by atoms with E-state index in [1.165, 1.54) is 16.3 Å². The third kappa shape index (κ3) is 7.88. The van der Waals surface area contributed by atoms with Gasteiger partial charge in [0.1, 0.15) is 17.5 Å². The van der Waals surface area contributed by atoms with Crippen molar-refractivity contribution in [3.63, 3.8) is 0 Å². The van der Waals surface area contributed by atoms with Crippen molar-refractivity contribution in [2.75, 3.05) is 37.9 Å². The first-order valence-electron chi connectivity index (χ1n) is 11.5. The highest BCUT2D eigenvalue weighted by atomic mass is 32.2. The Labute approximate surface area is 208 Å². The number of carbonyl (C=O) groups is 2. The van der Waals surface area contributed by atoms with Crippen LogP contribution >= 0.6 is 0 Å². The summed E-state index contributed by atoms with van der Waals surface area (Å²) >= 11 is 0. The van der Waals surface area contributed by atoms with Gasteiger partial charge in [-0.25, -0.2) is 8.42 Å². The molecule has 0 spiro atoms. The van der Waals surface area contributed by atoms with Crippen LogP contribution in [0.1, 0.15) is 32.3 Å². The van der Waals surface area contributed by atoms with Crippen LogP contribution in [-0.4, -0.2) is 64.7 Å². The van der Waals surface area contributed by atoms with E-state index >= 15 is 0 Å². The monoisotopic (exact) mass is 505 g/mol. The number of hydrogen-bond donors (Lipinski definition) is 1. The number of para-hydroxylation sites is 2. The van der Waals surface area contributed by atoms with Gasteiger partial charge in [0, 0.05) is 26.6 Å². The average molecular weight is 506 g/mol. The molecule has 0 saturated heterocycles. The minimum Gasteiger partial charge on any atom is -0.497 e. The van der Waals surface area contributed by atoms with Crippen LogP contribution in [0.3, 0.4) is 0 Å². The normalized spacial score (nSPS) is 11.9. The first-order chi connectivity index (χ1) is 16.6. The van der Waals surface area contributed by atoms with Crippen molar-refractivity contribution >= 4 is 27.5 Å². The minimum absolute atomic E-state index is 0.0636. The van der Waals surface area contributed by atoms with Crippen LogP contribution in [0.5, 0.6) is 11.5 Å². The third-order valence-corrected chi connectivity index (χ3v) is 6.67. The summed E-state index contributed by atoms with van der Waals surface area (Å²) in [7, 11) is -0.534. The molecule has 35 heavy (non-hydrogen) atoms. The number of sulfonamides is 1. The van der Waals surface area contributed by atoms with E-state index in [4.69, 9.17) is 9.47 Å². The van der Waals surface area contributed by atoms with Crippen LogP contribution in [0, 0.1) is 0 Å². The van der Waals surface area contributed by atoms with E-state index in [2.05, 4.69) is 5.32 Å². The predicted octanol–water partition coefficient (Wildman–Crippen LogP) is 2.80. The number of anilines is 1. The van der Waals surface area contributed by atoms with Crippen LogP contribution in [0.25, 0.3) is 0 Å². The second-order valence-electron chi connectivity index (χ2n) is 8.00. The van der Waals surface area contributed by atoms with E-state index < -0.39 is 16.1 Å². The van der Waals surface area contributed by atoms with Gasteiger partial charge in [0.25, 0.3) is 0 Å². The third-order valence-electron chi connectivity index (χ3n) is 5.49. The van der Waals surface area contributed by atoms with Gasteiger partial charge in [-0.15, -0.1) is 0 Å². The second kappa shape index (κ2) is 13.0. The molecule has 0 fully saturated rings. The summed E-state index contributed by atoms with van der Waals surface area (Å²) < 4.78 is 37.2. The topological polar surface area (TPSA) is 105 Å². The SMILES string of the molecule is CCOc1ccccc1N(CCCC(=O)N(Cc1cccc(OC)c1)[C@@H](C)C(=O)NC)S(C)(=O)=O. The molecule has 0 saturated carbocycles. The molecule has 0 bridgehead atoms. The van der Waals surface area contributed by atoms with Crippen LogP contribution in [0.2, 0.25) is 0 Å². The maximum Gasteiger partial charge on any atom is 0.242 e. The summed E-state index contributed by atoms with van der Waals surface area (Å²) in [5, 5.41) is 2.58. The number of benzene rings is 2. The molecule has 2 rings (SSSR count). The highest BCUT2D eigenvalue weighted by Gasteiger charge is 2.26. The molecule has 192 valence electrons. The smallest absolute Gasteiger partial charge is 0.242 e. The molecule has 1 atom stereocenters. The van der Waals surface area contributed by atoms with Crippen molar-refractivity contribution in [3.05, 3.63) is 54.1 Å². The number of nitrogens with zero attached hydrogens (tertiary/aromatic N) is 2. The fraction of sp³-hybridized carbons (Fsp3) is 0.440. The lowest BCUT2D eigenvalue weighted by atomic mass is 10.1. The van der Waals surface area contributed by atoms with Crippen molar-refractivity contribution in [1.82, 2.24) is 10.2 Å². The fourth-order valence-electron chi connectivity index (χ4n) is 3.68. The van der Waals surface area contributed by atoms with E-state index in [1.54, 1.807) is 44.4 Å². The highest BCUT2D eigenvalue weighted by molar-refractivity contribution is 7.92. The molecule has 2 amide bonds. The number of methoxy groups -OCH3 is 1. The second-order valence-corrected chi connectivity index (χ2v) is 9.91. The molecule has 2 aromatic carbocycles. The van der Waals surface area contributed by atoms with Crippen LogP contribution in [0.15, 0.2) is 48.5 Å². The van der Waals surface area contributed by atoms with Crippen molar-refractivity contribution in [2.45, 2.75) is 39.3 Å². The summed E-state index contributed by atoms with van der Waals surface area (Å²) in [6.07, 6.45) is 1.45. The van der Waals surface area contributed by atoms with Gasteiger partial charge in [-0.05, 0) is 50.1 Å². The van der Waals surface area contributed by atoms with E-state index in [1.807, 2.05) is 25.1 Å². The Hall–Kier alpha value is -3.27. The van der Waals surface area contributed by atoms with Gasteiger partial charge in [0.15, 0.2) is 0 Å². The number of carbonyl (C=O) groups excluding carboxylic acids is 2. The Kier molecular flexibility index (Phi) is 10.4. The largest absolute Gasteiger partial charge is 0.497 e. The number of ether oxygens (including phenoxy) is 2. The standard InChI is InChI=1S/C25H35N3O6S/c1-6-34-23-14-8-7-13-22(23)28(35(5,31)32)16-10-15-24(29)27(19(2)25(30)26-3)18-20-11-9-12-21(17-20)33-4/h7-9,11-14,17,19H,6,10,15-16,18H2,1-5H3,(H,26,30)/t19-/m0/s1. The Morgan fingerprint density at radius 2 is 1.83 bits per heavy atom. The van der Waals surface area contributed by atoms with Gasteiger partial charge in [0.05, 0.1) is 25.7 Å². The quantitative estimate of drug-likeness (QED) is 0.449. The molecule has 0 aliphatic carbocycles. The minimum atomic E-state index is -3.62. The van der Waals surface area contributed by atoms with Crippen LogP contribution in [0.4, 0.5) is 5.69 Å². The molecule has 0 heterocycles. The van der Waals surface area contributed by atoms with Gasteiger partial charge in [-0.1, -0.05) is 24.3 Å². The lowest BCUT2D eigenvalue weighted by Crippen LogP contribution is -2.46. The van der Waals surface area contributed by atoms with Crippen molar-refractivity contribution in [1.29, 1.82) is 0 Å². The van der Waals surface area contributed by atoms with Gasteiger partial charge in [-0.2, -0.15) is 0 Å². The Bertz CT molecular complexity index is 1110. The zero-order chi connectivity index (χ0) is 26.0. The van der Waals surface area contributed by atoms with Gasteiger partial charge in [-0.3, -0.25) is 13.9 Å². The summed E-state index contributed by atoms with van der Waals surface area (Å²) in [6, 6.07) is 13.5. The zero-order valence-corrected chi connectivity index (χ0v) is 21.8. The molecular weight excluding hydrogens is 470 g/mol. The van der Waals surface area contributed by atoms with Gasteiger partial charge < -0.3 is 19.7 Å². The maximum atomic E-state index is 13.2. The summed E-state index contributed by atoms with van der Waals surface area (Å²) in [4.78, 5) is 27.1. The van der Waals surface area contributed by atoms with Crippen LogP contribution < -0.4 is 19.1 Å². The number of nitrogens with one attached hydrogen (secondary N) is 1. The van der Waals surface area contributed by atoms with Gasteiger partial charge >= 0.3 is 0 Å². The first-order valence-corrected chi connectivity index (χ1v) is 13.3. The molecule has 0 aliphatic heterocycles.